The van der Waals surface area contributed by atoms with E-state index in [1.807, 2.05) is 0 Å². The van der Waals surface area contributed by atoms with Gasteiger partial charge in [-0.25, -0.2) is 4.79 Å². The van der Waals surface area contributed by atoms with Crippen LogP contribution in [0.3, 0.4) is 0 Å². The predicted molar refractivity (Wildman–Crippen MR) is 73.4 cm³/mol. The topological polar surface area (TPSA) is 92.2 Å². The first-order valence-electron chi connectivity index (χ1n) is 5.29. The van der Waals surface area contributed by atoms with Gasteiger partial charge in [-0.2, -0.15) is 10.2 Å². The highest BCUT2D eigenvalue weighted by Gasteiger charge is 2.15. The molecule has 0 spiro atoms. The van der Waals surface area contributed by atoms with E-state index < -0.39 is 11.9 Å². The Hall–Kier alpha value is -2.18. The van der Waals surface area contributed by atoms with Crippen LogP contribution in [-0.4, -0.2) is 27.2 Å². The zero-order valence-electron chi connectivity index (χ0n) is 9.80. The lowest BCUT2D eigenvalue weighted by Crippen LogP contribution is -2.13. The van der Waals surface area contributed by atoms with Gasteiger partial charge in [0, 0.05) is 0 Å². The summed E-state index contributed by atoms with van der Waals surface area (Å²) in [4.78, 5) is 22.8. The fourth-order valence-corrected chi connectivity index (χ4v) is 2.01. The minimum atomic E-state index is -1.16. The number of aromatic nitrogens is 2. The van der Waals surface area contributed by atoms with Gasteiger partial charge in [-0.05, 0) is 18.2 Å². The van der Waals surface area contributed by atoms with E-state index in [2.05, 4.69) is 15.5 Å². The van der Waals surface area contributed by atoms with Crippen LogP contribution in [0.1, 0.15) is 20.7 Å². The third kappa shape index (κ3) is 3.04. The number of nitrogens with one attached hydrogen (secondary N) is 1. The Balaban J connectivity index is 2.31. The highest BCUT2D eigenvalue weighted by Crippen LogP contribution is 2.32. The Morgan fingerprint density at radius 3 is 2.25 bits per heavy atom. The Kier molecular flexibility index (Phi) is 4.16. The lowest BCUT2D eigenvalue weighted by Gasteiger charge is -2.10. The van der Waals surface area contributed by atoms with Crippen molar-refractivity contribution in [1.29, 1.82) is 0 Å². The maximum absolute atomic E-state index is 11.9. The molecule has 0 atom stereocenters. The summed E-state index contributed by atoms with van der Waals surface area (Å²) in [7, 11) is 0. The molecule has 0 radical (unpaired) electrons. The van der Waals surface area contributed by atoms with Crippen LogP contribution in [0.15, 0.2) is 30.6 Å². The summed E-state index contributed by atoms with van der Waals surface area (Å²) in [6, 6.07) is 3.88. The average Bonchev–Trinajstić information content (AvgIpc) is 2.43. The number of carboxylic acid groups (broad SMARTS) is 1. The monoisotopic (exact) mass is 311 g/mol. The number of amides is 1. The normalized spacial score (nSPS) is 10.1. The zero-order valence-corrected chi connectivity index (χ0v) is 11.3. The number of carbonyl (C=O) groups excluding carboxylic acids is 1. The van der Waals surface area contributed by atoms with Gasteiger partial charge in [-0.1, -0.05) is 23.2 Å². The van der Waals surface area contributed by atoms with Crippen LogP contribution in [0.25, 0.3) is 0 Å². The van der Waals surface area contributed by atoms with Crippen LogP contribution < -0.4 is 5.32 Å². The van der Waals surface area contributed by atoms with E-state index in [0.717, 1.165) is 0 Å². The van der Waals surface area contributed by atoms with Crippen LogP contribution in [0.5, 0.6) is 0 Å². The number of nitrogens with zero attached hydrogens (tertiary/aromatic N) is 2. The first kappa shape index (κ1) is 14.2. The predicted octanol–water partition coefficient (Wildman–Crippen LogP) is 2.73. The number of hydrogen-bond donors (Lipinski definition) is 2. The standard InChI is InChI=1S/C12H7Cl2N3O3/c13-8-3-7(12(19)20)4-9(14)10(8)17-11(18)6-1-2-15-16-5-6/h1-5H,(H,17,18)(H,19,20). The molecular formula is C12H7Cl2N3O3. The van der Waals surface area contributed by atoms with E-state index >= 15 is 0 Å². The lowest BCUT2D eigenvalue weighted by molar-refractivity contribution is 0.0696. The number of halogens is 2. The van der Waals surface area contributed by atoms with Gasteiger partial charge in [0.25, 0.3) is 5.91 Å². The van der Waals surface area contributed by atoms with Gasteiger partial charge >= 0.3 is 5.97 Å². The Bertz CT molecular complexity index is 654. The number of carbonyl (C=O) groups is 2. The summed E-state index contributed by atoms with van der Waals surface area (Å²) in [6.07, 6.45) is 2.65. The van der Waals surface area contributed by atoms with Gasteiger partial charge < -0.3 is 10.4 Å². The molecule has 20 heavy (non-hydrogen) atoms. The number of benzene rings is 1. The van der Waals surface area contributed by atoms with Crippen LogP contribution in [0.2, 0.25) is 10.0 Å². The first-order chi connectivity index (χ1) is 9.49. The van der Waals surface area contributed by atoms with Crippen LogP contribution in [-0.2, 0) is 0 Å². The number of aromatic carboxylic acids is 1. The summed E-state index contributed by atoms with van der Waals surface area (Å²) < 4.78 is 0. The van der Waals surface area contributed by atoms with E-state index in [-0.39, 0.29) is 26.9 Å². The number of rotatable bonds is 3. The molecule has 2 rings (SSSR count). The molecule has 0 aliphatic carbocycles. The van der Waals surface area contributed by atoms with Crippen molar-refractivity contribution in [1.82, 2.24) is 10.2 Å². The molecule has 0 aliphatic rings. The average molecular weight is 312 g/mol. The van der Waals surface area contributed by atoms with Crippen LogP contribution in [0.4, 0.5) is 5.69 Å². The minimum Gasteiger partial charge on any atom is -0.478 e. The SMILES string of the molecule is O=C(O)c1cc(Cl)c(NC(=O)c2ccnnc2)c(Cl)c1. The molecule has 6 nitrogen and oxygen atoms in total. The number of anilines is 1. The van der Waals surface area contributed by atoms with Crippen molar-refractivity contribution in [2.75, 3.05) is 5.32 Å². The van der Waals surface area contributed by atoms with E-state index in [1.54, 1.807) is 0 Å². The van der Waals surface area contributed by atoms with E-state index in [1.165, 1.54) is 30.6 Å². The molecule has 0 bridgehead atoms. The van der Waals surface area contributed by atoms with Gasteiger partial charge in [0.1, 0.15) is 0 Å². The van der Waals surface area contributed by atoms with Gasteiger partial charge in [0.15, 0.2) is 0 Å². The Morgan fingerprint density at radius 1 is 1.10 bits per heavy atom. The molecule has 1 heterocycles. The molecule has 1 aromatic heterocycles. The number of carboxylic acids is 1. The first-order valence-corrected chi connectivity index (χ1v) is 6.05. The highest BCUT2D eigenvalue weighted by atomic mass is 35.5. The lowest BCUT2D eigenvalue weighted by atomic mass is 10.2. The van der Waals surface area contributed by atoms with E-state index in [0.29, 0.717) is 0 Å². The van der Waals surface area contributed by atoms with Gasteiger partial charge in [0.2, 0.25) is 0 Å². The maximum Gasteiger partial charge on any atom is 0.335 e. The second-order valence-electron chi connectivity index (χ2n) is 3.71. The van der Waals surface area contributed by atoms with Crippen molar-refractivity contribution in [2.24, 2.45) is 0 Å². The second-order valence-corrected chi connectivity index (χ2v) is 4.52. The molecule has 0 fully saturated rings. The van der Waals surface area contributed by atoms with Crippen molar-refractivity contribution >= 4 is 40.8 Å². The molecule has 0 saturated carbocycles. The molecule has 1 amide bonds. The third-order valence-electron chi connectivity index (χ3n) is 2.37. The molecule has 2 aromatic rings. The van der Waals surface area contributed by atoms with Crippen molar-refractivity contribution in [2.45, 2.75) is 0 Å². The summed E-state index contributed by atoms with van der Waals surface area (Å²) in [5, 5.41) is 18.6. The molecule has 0 aliphatic heterocycles. The van der Waals surface area contributed by atoms with Crippen molar-refractivity contribution in [3.05, 3.63) is 51.8 Å². The van der Waals surface area contributed by atoms with Crippen molar-refractivity contribution in [3.8, 4) is 0 Å². The molecule has 8 heteroatoms. The summed E-state index contributed by atoms with van der Waals surface area (Å²) in [5.41, 5.74) is 0.346. The maximum atomic E-state index is 11.9. The third-order valence-corrected chi connectivity index (χ3v) is 2.97. The van der Waals surface area contributed by atoms with Gasteiger partial charge in [-0.3, -0.25) is 4.79 Å². The Morgan fingerprint density at radius 2 is 1.75 bits per heavy atom. The summed E-state index contributed by atoms with van der Waals surface area (Å²) in [6.45, 7) is 0. The van der Waals surface area contributed by atoms with E-state index in [4.69, 9.17) is 28.3 Å². The van der Waals surface area contributed by atoms with Gasteiger partial charge in [0.05, 0.1) is 39.3 Å². The molecule has 2 N–H and O–H groups in total. The van der Waals surface area contributed by atoms with E-state index in [9.17, 15) is 9.59 Å². The summed E-state index contributed by atoms with van der Waals surface area (Å²) in [5.74, 6) is -1.64. The molecule has 0 saturated heterocycles. The zero-order chi connectivity index (χ0) is 14.7. The largest absolute Gasteiger partial charge is 0.478 e. The Labute approximate surface area is 123 Å². The molecule has 0 unspecified atom stereocenters. The molecule has 102 valence electrons. The van der Waals surface area contributed by atoms with Crippen LogP contribution in [0, 0.1) is 0 Å². The quantitative estimate of drug-likeness (QED) is 0.909. The number of hydrogen-bond acceptors (Lipinski definition) is 4. The highest BCUT2D eigenvalue weighted by molar-refractivity contribution is 6.40. The van der Waals surface area contributed by atoms with Gasteiger partial charge in [-0.15, -0.1) is 0 Å². The smallest absolute Gasteiger partial charge is 0.335 e. The van der Waals surface area contributed by atoms with Crippen molar-refractivity contribution in [3.63, 3.8) is 0 Å². The molecular weight excluding hydrogens is 305 g/mol. The fourth-order valence-electron chi connectivity index (χ4n) is 1.43. The van der Waals surface area contributed by atoms with Crippen LogP contribution >= 0.6 is 23.2 Å². The van der Waals surface area contributed by atoms with Crippen molar-refractivity contribution < 1.29 is 14.7 Å². The summed E-state index contributed by atoms with van der Waals surface area (Å²) >= 11 is 11.8. The molecule has 1 aromatic carbocycles. The minimum absolute atomic E-state index is 0.0327. The second kappa shape index (κ2) is 5.85. The fraction of sp³-hybridized carbons (Fsp3) is 0.